The third-order valence-corrected chi connectivity index (χ3v) is 3.85. The number of piperidine rings is 1. The van der Waals surface area contributed by atoms with E-state index in [2.05, 4.69) is 10.6 Å². The van der Waals surface area contributed by atoms with Crippen molar-refractivity contribution in [1.29, 1.82) is 0 Å². The van der Waals surface area contributed by atoms with E-state index in [1.165, 1.54) is 6.07 Å². The Labute approximate surface area is 130 Å². The number of halogens is 1. The molecule has 2 unspecified atom stereocenters. The quantitative estimate of drug-likeness (QED) is 0.794. The summed E-state index contributed by atoms with van der Waals surface area (Å²) in [5.74, 6) is -0.232. The molecule has 1 aliphatic rings. The van der Waals surface area contributed by atoms with Gasteiger partial charge in [-0.2, -0.15) is 0 Å². The minimum Gasteiger partial charge on any atom is -0.394 e. The number of hydrogen-bond acceptors (Lipinski definition) is 3. The molecule has 2 amide bonds. The Morgan fingerprint density at radius 2 is 2.32 bits per heavy atom. The van der Waals surface area contributed by atoms with Crippen molar-refractivity contribution >= 4 is 11.7 Å². The molecule has 122 valence electrons. The average Bonchev–Trinajstić information content (AvgIpc) is 2.49. The fraction of sp³-hybridized carbons (Fsp3) is 0.562. The highest BCUT2D eigenvalue weighted by molar-refractivity contribution is 5.74. The number of rotatable bonds is 4. The second-order valence-corrected chi connectivity index (χ2v) is 5.94. The maximum atomic E-state index is 14.0. The number of nitrogens with one attached hydrogen (secondary N) is 2. The van der Waals surface area contributed by atoms with Gasteiger partial charge in [-0.25, -0.2) is 9.18 Å². The minimum atomic E-state index is -0.293. The van der Waals surface area contributed by atoms with E-state index >= 15 is 0 Å². The first-order valence-corrected chi connectivity index (χ1v) is 7.68. The van der Waals surface area contributed by atoms with Crippen molar-refractivity contribution in [3.05, 3.63) is 29.6 Å². The maximum Gasteiger partial charge on any atom is 0.315 e. The first-order chi connectivity index (χ1) is 10.5. The normalized spacial score (nSPS) is 19.6. The highest BCUT2D eigenvalue weighted by atomic mass is 19.1. The predicted octanol–water partition coefficient (Wildman–Crippen LogP) is 1.78. The van der Waals surface area contributed by atoms with Gasteiger partial charge in [0.15, 0.2) is 0 Å². The van der Waals surface area contributed by atoms with Gasteiger partial charge in [-0.15, -0.1) is 0 Å². The SMILES string of the molecule is Cc1ccc(F)c(N2CCCC(NC(=O)NC(C)CO)C2)c1. The Bertz CT molecular complexity index is 524. The van der Waals surface area contributed by atoms with Crippen LogP contribution in [-0.4, -0.2) is 42.9 Å². The molecule has 0 aliphatic carbocycles. The number of nitrogens with zero attached hydrogens (tertiary/aromatic N) is 1. The van der Waals surface area contributed by atoms with Gasteiger partial charge in [-0.05, 0) is 44.4 Å². The molecule has 1 aromatic carbocycles. The number of hydrogen-bond donors (Lipinski definition) is 3. The van der Waals surface area contributed by atoms with E-state index in [1.54, 1.807) is 13.0 Å². The van der Waals surface area contributed by atoms with Crippen LogP contribution in [0, 0.1) is 12.7 Å². The summed E-state index contributed by atoms with van der Waals surface area (Å²) in [4.78, 5) is 13.8. The van der Waals surface area contributed by atoms with E-state index in [0.717, 1.165) is 24.9 Å². The van der Waals surface area contributed by atoms with Crippen molar-refractivity contribution in [1.82, 2.24) is 10.6 Å². The van der Waals surface area contributed by atoms with Gasteiger partial charge >= 0.3 is 6.03 Å². The van der Waals surface area contributed by atoms with Gasteiger partial charge in [-0.3, -0.25) is 0 Å². The molecule has 0 saturated carbocycles. The first-order valence-electron chi connectivity index (χ1n) is 7.68. The summed E-state index contributed by atoms with van der Waals surface area (Å²) in [7, 11) is 0. The molecule has 3 N–H and O–H groups in total. The minimum absolute atomic E-state index is 0.0282. The number of aryl methyl sites for hydroxylation is 1. The van der Waals surface area contributed by atoms with Crippen LogP contribution in [0.15, 0.2) is 18.2 Å². The molecule has 1 heterocycles. The van der Waals surface area contributed by atoms with E-state index in [9.17, 15) is 9.18 Å². The number of aliphatic hydroxyl groups excluding tert-OH is 1. The van der Waals surface area contributed by atoms with Crippen LogP contribution < -0.4 is 15.5 Å². The summed E-state index contributed by atoms with van der Waals surface area (Å²) in [6.45, 7) is 4.94. The number of anilines is 1. The Hall–Kier alpha value is -1.82. The summed E-state index contributed by atoms with van der Waals surface area (Å²) in [5.41, 5.74) is 1.61. The third kappa shape index (κ3) is 4.34. The second kappa shape index (κ2) is 7.45. The molecular weight excluding hydrogens is 285 g/mol. The lowest BCUT2D eigenvalue weighted by Gasteiger charge is -2.35. The van der Waals surface area contributed by atoms with Crippen molar-refractivity contribution < 1.29 is 14.3 Å². The Morgan fingerprint density at radius 1 is 1.55 bits per heavy atom. The van der Waals surface area contributed by atoms with Crippen LogP contribution in [0.4, 0.5) is 14.9 Å². The number of urea groups is 1. The monoisotopic (exact) mass is 309 g/mol. The van der Waals surface area contributed by atoms with Gasteiger partial charge in [0.2, 0.25) is 0 Å². The fourth-order valence-corrected chi connectivity index (χ4v) is 2.68. The number of amides is 2. The van der Waals surface area contributed by atoms with E-state index in [4.69, 9.17) is 5.11 Å². The molecule has 2 rings (SSSR count). The van der Waals surface area contributed by atoms with Crippen LogP contribution >= 0.6 is 0 Å². The molecule has 1 aliphatic heterocycles. The largest absolute Gasteiger partial charge is 0.394 e. The number of carbonyl (C=O) groups is 1. The maximum absolute atomic E-state index is 14.0. The van der Waals surface area contributed by atoms with Crippen LogP contribution in [0.3, 0.4) is 0 Å². The molecule has 0 bridgehead atoms. The summed E-state index contributed by atoms with van der Waals surface area (Å²) in [6, 6.07) is 4.47. The molecule has 5 nitrogen and oxygen atoms in total. The van der Waals surface area contributed by atoms with Crippen LogP contribution in [-0.2, 0) is 0 Å². The lowest BCUT2D eigenvalue weighted by molar-refractivity contribution is 0.216. The third-order valence-electron chi connectivity index (χ3n) is 3.85. The van der Waals surface area contributed by atoms with E-state index < -0.39 is 0 Å². The Balaban J connectivity index is 1.97. The van der Waals surface area contributed by atoms with Gasteiger partial charge in [0, 0.05) is 19.1 Å². The smallest absolute Gasteiger partial charge is 0.315 e. The van der Waals surface area contributed by atoms with E-state index in [-0.39, 0.29) is 30.5 Å². The second-order valence-electron chi connectivity index (χ2n) is 5.94. The van der Waals surface area contributed by atoms with Crippen molar-refractivity contribution in [2.24, 2.45) is 0 Å². The molecule has 0 spiro atoms. The zero-order valence-electron chi connectivity index (χ0n) is 13.1. The van der Waals surface area contributed by atoms with E-state index in [1.807, 2.05) is 17.9 Å². The van der Waals surface area contributed by atoms with Gasteiger partial charge in [0.25, 0.3) is 0 Å². The fourth-order valence-electron chi connectivity index (χ4n) is 2.68. The highest BCUT2D eigenvalue weighted by Crippen LogP contribution is 2.24. The zero-order valence-corrected chi connectivity index (χ0v) is 13.1. The van der Waals surface area contributed by atoms with Crippen LogP contribution in [0.1, 0.15) is 25.3 Å². The first kappa shape index (κ1) is 16.5. The molecule has 1 saturated heterocycles. The van der Waals surface area contributed by atoms with Crippen molar-refractivity contribution in [2.45, 2.75) is 38.8 Å². The average molecular weight is 309 g/mol. The molecular formula is C16H24FN3O2. The molecule has 0 aromatic heterocycles. The molecule has 1 fully saturated rings. The van der Waals surface area contributed by atoms with Gasteiger partial charge in [0.05, 0.1) is 18.3 Å². The van der Waals surface area contributed by atoms with Gasteiger partial charge in [-0.1, -0.05) is 6.07 Å². The number of aliphatic hydroxyl groups is 1. The Kier molecular flexibility index (Phi) is 5.60. The lowest BCUT2D eigenvalue weighted by atomic mass is 10.0. The van der Waals surface area contributed by atoms with Gasteiger partial charge in [0.1, 0.15) is 5.82 Å². The van der Waals surface area contributed by atoms with E-state index in [0.29, 0.717) is 12.2 Å². The molecule has 1 aromatic rings. The van der Waals surface area contributed by atoms with Crippen molar-refractivity contribution in [3.63, 3.8) is 0 Å². The highest BCUT2D eigenvalue weighted by Gasteiger charge is 2.23. The molecule has 6 heteroatoms. The Morgan fingerprint density at radius 3 is 3.05 bits per heavy atom. The number of benzene rings is 1. The summed E-state index contributed by atoms with van der Waals surface area (Å²) >= 11 is 0. The standard InChI is InChI=1S/C16H24FN3O2/c1-11-5-6-14(17)15(8-11)20-7-3-4-13(9-20)19-16(22)18-12(2)10-21/h5-6,8,12-13,21H,3-4,7,9-10H2,1-2H3,(H2,18,19,22). The van der Waals surface area contributed by atoms with Crippen LogP contribution in [0.2, 0.25) is 0 Å². The summed E-state index contributed by atoms with van der Waals surface area (Å²) in [6.07, 6.45) is 1.76. The topological polar surface area (TPSA) is 64.6 Å². The molecule has 22 heavy (non-hydrogen) atoms. The summed E-state index contributed by atoms with van der Waals surface area (Å²) in [5, 5.41) is 14.5. The van der Waals surface area contributed by atoms with Crippen LogP contribution in [0.25, 0.3) is 0 Å². The van der Waals surface area contributed by atoms with Crippen molar-refractivity contribution in [2.75, 3.05) is 24.6 Å². The predicted molar refractivity (Wildman–Crippen MR) is 84.6 cm³/mol. The van der Waals surface area contributed by atoms with Crippen LogP contribution in [0.5, 0.6) is 0 Å². The molecule has 2 atom stereocenters. The summed E-state index contributed by atoms with van der Waals surface area (Å²) < 4.78 is 14.0. The zero-order chi connectivity index (χ0) is 16.1. The molecule has 0 radical (unpaired) electrons. The lowest BCUT2D eigenvalue weighted by Crippen LogP contribution is -2.52. The number of carbonyl (C=O) groups excluding carboxylic acids is 1. The van der Waals surface area contributed by atoms with Crippen molar-refractivity contribution in [3.8, 4) is 0 Å². The van der Waals surface area contributed by atoms with Gasteiger partial charge < -0.3 is 20.6 Å².